The van der Waals surface area contributed by atoms with Crippen LogP contribution in [0.5, 0.6) is 0 Å². The summed E-state index contributed by atoms with van der Waals surface area (Å²) in [6.07, 6.45) is 3.36. The van der Waals surface area contributed by atoms with Gasteiger partial charge in [0.15, 0.2) is 0 Å². The van der Waals surface area contributed by atoms with Crippen molar-refractivity contribution in [2.24, 2.45) is 0 Å². The smallest absolute Gasteiger partial charge is 0.250 e. The Balaban J connectivity index is 2.01. The topological polar surface area (TPSA) is 75.6 Å². The van der Waals surface area contributed by atoms with E-state index in [2.05, 4.69) is 4.72 Å². The van der Waals surface area contributed by atoms with E-state index in [0.717, 1.165) is 24.1 Å². The standard InChI is InChI=1S/C12H19NO4S2/c1-17-12(6-2-7-12)9-13-19(15,16)11-4-3-10(18-11)5-8-14/h3-4,13-14H,2,5-9H2,1H3. The van der Waals surface area contributed by atoms with Crippen LogP contribution in [0.3, 0.4) is 0 Å². The molecule has 1 fully saturated rings. The Bertz CT molecular complexity index is 514. The van der Waals surface area contributed by atoms with Crippen molar-refractivity contribution in [3.63, 3.8) is 0 Å². The quantitative estimate of drug-likeness (QED) is 0.792. The molecule has 0 atom stereocenters. The lowest BCUT2D eigenvalue weighted by Gasteiger charge is -2.40. The molecular formula is C12H19NO4S2. The summed E-state index contributed by atoms with van der Waals surface area (Å²) in [6.45, 7) is 0.347. The molecule has 2 N–H and O–H groups in total. The van der Waals surface area contributed by atoms with Crippen LogP contribution in [0.2, 0.25) is 0 Å². The van der Waals surface area contributed by atoms with Crippen LogP contribution in [0.15, 0.2) is 16.3 Å². The first-order valence-corrected chi connectivity index (χ1v) is 8.56. The number of sulfonamides is 1. The van der Waals surface area contributed by atoms with Crippen molar-refractivity contribution in [2.45, 2.75) is 35.5 Å². The lowest BCUT2D eigenvalue weighted by atomic mass is 9.80. The molecule has 1 aliphatic carbocycles. The van der Waals surface area contributed by atoms with Crippen molar-refractivity contribution in [3.8, 4) is 0 Å². The first-order valence-electron chi connectivity index (χ1n) is 6.26. The van der Waals surface area contributed by atoms with Gasteiger partial charge in [0.1, 0.15) is 4.21 Å². The Hall–Kier alpha value is -0.470. The summed E-state index contributed by atoms with van der Waals surface area (Å²) in [7, 11) is -1.85. The van der Waals surface area contributed by atoms with Gasteiger partial charge in [0, 0.05) is 31.6 Å². The van der Waals surface area contributed by atoms with Gasteiger partial charge >= 0.3 is 0 Å². The van der Waals surface area contributed by atoms with Gasteiger partial charge in [0.2, 0.25) is 10.0 Å². The molecule has 0 radical (unpaired) electrons. The molecule has 1 heterocycles. The third-order valence-electron chi connectivity index (χ3n) is 3.54. The Morgan fingerprint density at radius 2 is 2.21 bits per heavy atom. The second-order valence-electron chi connectivity index (χ2n) is 4.76. The van der Waals surface area contributed by atoms with E-state index in [-0.39, 0.29) is 12.2 Å². The summed E-state index contributed by atoms with van der Waals surface area (Å²) in [5, 5.41) is 8.84. The summed E-state index contributed by atoms with van der Waals surface area (Å²) in [6, 6.07) is 3.32. The average Bonchev–Trinajstić information content (AvgIpc) is 2.78. The third-order valence-corrected chi connectivity index (χ3v) is 6.58. The molecule has 0 bridgehead atoms. The van der Waals surface area contributed by atoms with E-state index in [9.17, 15) is 8.42 Å². The first-order chi connectivity index (χ1) is 9.01. The Morgan fingerprint density at radius 1 is 1.47 bits per heavy atom. The third kappa shape index (κ3) is 3.35. The molecular weight excluding hydrogens is 286 g/mol. The van der Waals surface area contributed by atoms with Crippen LogP contribution >= 0.6 is 11.3 Å². The Morgan fingerprint density at radius 3 is 2.74 bits per heavy atom. The van der Waals surface area contributed by atoms with Crippen LogP contribution in [-0.2, 0) is 21.2 Å². The van der Waals surface area contributed by atoms with Crippen molar-refractivity contribution in [1.29, 1.82) is 0 Å². The number of aliphatic hydroxyl groups excluding tert-OH is 1. The van der Waals surface area contributed by atoms with E-state index in [1.807, 2.05) is 0 Å². The lowest BCUT2D eigenvalue weighted by Crippen LogP contribution is -2.49. The molecule has 1 aromatic heterocycles. The minimum Gasteiger partial charge on any atom is -0.396 e. The number of methoxy groups -OCH3 is 1. The van der Waals surface area contributed by atoms with Crippen LogP contribution in [0.1, 0.15) is 24.1 Å². The largest absolute Gasteiger partial charge is 0.396 e. The van der Waals surface area contributed by atoms with Gasteiger partial charge in [-0.15, -0.1) is 11.3 Å². The van der Waals surface area contributed by atoms with Crippen LogP contribution in [-0.4, -0.2) is 39.4 Å². The molecule has 108 valence electrons. The number of hydrogen-bond donors (Lipinski definition) is 2. The maximum Gasteiger partial charge on any atom is 0.250 e. The highest BCUT2D eigenvalue weighted by Crippen LogP contribution is 2.34. The van der Waals surface area contributed by atoms with Gasteiger partial charge in [-0.3, -0.25) is 0 Å². The molecule has 1 aliphatic rings. The minimum atomic E-state index is -3.47. The average molecular weight is 305 g/mol. The number of aliphatic hydroxyl groups is 1. The fourth-order valence-corrected chi connectivity index (χ4v) is 4.57. The molecule has 1 aromatic rings. The van der Waals surface area contributed by atoms with Crippen molar-refractivity contribution < 1.29 is 18.3 Å². The summed E-state index contributed by atoms with van der Waals surface area (Å²) in [4.78, 5) is 0.868. The maximum absolute atomic E-state index is 12.1. The van der Waals surface area contributed by atoms with Gasteiger partial charge in [0.05, 0.1) is 5.60 Å². The molecule has 5 nitrogen and oxygen atoms in total. The van der Waals surface area contributed by atoms with E-state index in [4.69, 9.17) is 9.84 Å². The lowest BCUT2D eigenvalue weighted by molar-refractivity contribution is -0.0659. The summed E-state index contributed by atoms with van der Waals surface area (Å²) in [5.74, 6) is 0. The molecule has 0 aromatic carbocycles. The zero-order valence-electron chi connectivity index (χ0n) is 10.9. The molecule has 0 spiro atoms. The van der Waals surface area contributed by atoms with Gasteiger partial charge in [0.25, 0.3) is 0 Å². The molecule has 19 heavy (non-hydrogen) atoms. The van der Waals surface area contributed by atoms with E-state index in [0.29, 0.717) is 17.2 Å². The predicted octanol–water partition coefficient (Wildman–Crippen LogP) is 1.13. The van der Waals surface area contributed by atoms with Crippen LogP contribution < -0.4 is 4.72 Å². The van der Waals surface area contributed by atoms with Crippen LogP contribution in [0.4, 0.5) is 0 Å². The molecule has 0 saturated heterocycles. The van der Waals surface area contributed by atoms with Crippen molar-refractivity contribution in [3.05, 3.63) is 17.0 Å². The van der Waals surface area contributed by atoms with E-state index < -0.39 is 10.0 Å². The zero-order chi connectivity index (χ0) is 13.9. The second-order valence-corrected chi connectivity index (χ2v) is 7.92. The summed E-state index contributed by atoms with van der Waals surface area (Å²) in [5.41, 5.74) is -0.321. The van der Waals surface area contributed by atoms with Crippen LogP contribution in [0, 0.1) is 0 Å². The van der Waals surface area contributed by atoms with Gasteiger partial charge in [-0.2, -0.15) is 0 Å². The molecule has 0 amide bonds. The highest BCUT2D eigenvalue weighted by molar-refractivity contribution is 7.91. The first kappa shape index (κ1) is 14.9. The Labute approximate surface area is 117 Å². The molecule has 0 aliphatic heterocycles. The monoisotopic (exact) mass is 305 g/mol. The normalized spacial score (nSPS) is 18.2. The van der Waals surface area contributed by atoms with Crippen molar-refractivity contribution in [1.82, 2.24) is 4.72 Å². The van der Waals surface area contributed by atoms with Crippen molar-refractivity contribution >= 4 is 21.4 Å². The number of rotatable bonds is 7. The van der Waals surface area contributed by atoms with Gasteiger partial charge in [-0.05, 0) is 31.4 Å². The SMILES string of the molecule is COC1(CNS(=O)(=O)c2ccc(CCO)s2)CCC1. The molecule has 1 saturated carbocycles. The number of nitrogens with one attached hydrogen (secondary N) is 1. The number of ether oxygens (including phenoxy) is 1. The van der Waals surface area contributed by atoms with E-state index in [1.54, 1.807) is 19.2 Å². The minimum absolute atomic E-state index is 0.0280. The van der Waals surface area contributed by atoms with E-state index >= 15 is 0 Å². The fourth-order valence-electron chi connectivity index (χ4n) is 2.07. The molecule has 2 rings (SSSR count). The van der Waals surface area contributed by atoms with Gasteiger partial charge in [-0.25, -0.2) is 13.1 Å². The molecule has 0 unspecified atom stereocenters. The van der Waals surface area contributed by atoms with E-state index in [1.165, 1.54) is 11.3 Å². The highest BCUT2D eigenvalue weighted by atomic mass is 32.2. The van der Waals surface area contributed by atoms with Gasteiger partial charge < -0.3 is 9.84 Å². The van der Waals surface area contributed by atoms with Gasteiger partial charge in [-0.1, -0.05) is 0 Å². The summed E-state index contributed by atoms with van der Waals surface area (Å²) < 4.78 is 32.6. The summed E-state index contributed by atoms with van der Waals surface area (Å²) >= 11 is 1.20. The number of thiophene rings is 1. The van der Waals surface area contributed by atoms with Crippen molar-refractivity contribution in [2.75, 3.05) is 20.3 Å². The Kier molecular flexibility index (Phi) is 4.62. The second kappa shape index (κ2) is 5.88. The van der Waals surface area contributed by atoms with Crippen LogP contribution in [0.25, 0.3) is 0 Å². The number of hydrogen-bond acceptors (Lipinski definition) is 5. The maximum atomic E-state index is 12.1. The fraction of sp³-hybridized carbons (Fsp3) is 0.667. The predicted molar refractivity (Wildman–Crippen MR) is 73.9 cm³/mol. The molecule has 7 heteroatoms. The zero-order valence-corrected chi connectivity index (χ0v) is 12.5. The highest BCUT2D eigenvalue weighted by Gasteiger charge is 2.38.